The van der Waals surface area contributed by atoms with Crippen molar-refractivity contribution in [2.24, 2.45) is 0 Å². The number of rotatable bonds is 1. The first-order valence-electron chi connectivity index (χ1n) is 6.93. The molecule has 2 aromatic rings. The van der Waals surface area contributed by atoms with Gasteiger partial charge < -0.3 is 10.0 Å². The van der Waals surface area contributed by atoms with Gasteiger partial charge in [-0.3, -0.25) is 4.98 Å². The maximum Gasteiger partial charge on any atom is 0.0915 e. The van der Waals surface area contributed by atoms with Crippen LogP contribution < -0.4 is 0 Å². The molecule has 1 aliphatic heterocycles. The van der Waals surface area contributed by atoms with Gasteiger partial charge >= 0.3 is 0 Å². The summed E-state index contributed by atoms with van der Waals surface area (Å²) in [6.45, 7) is 2.00. The van der Waals surface area contributed by atoms with E-state index in [9.17, 15) is 5.11 Å². The van der Waals surface area contributed by atoms with E-state index in [0.29, 0.717) is 0 Å². The Morgan fingerprint density at radius 1 is 1.21 bits per heavy atom. The topological polar surface area (TPSA) is 36.4 Å². The van der Waals surface area contributed by atoms with Gasteiger partial charge in [-0.2, -0.15) is 0 Å². The number of pyridine rings is 1. The Labute approximate surface area is 113 Å². The molecule has 0 aliphatic carbocycles. The van der Waals surface area contributed by atoms with E-state index in [1.54, 1.807) is 6.20 Å². The summed E-state index contributed by atoms with van der Waals surface area (Å²) in [6.07, 6.45) is 6.32. The second-order valence-electron chi connectivity index (χ2n) is 5.59. The van der Waals surface area contributed by atoms with Crippen molar-refractivity contribution in [2.75, 3.05) is 20.1 Å². The van der Waals surface area contributed by atoms with Gasteiger partial charge in [0, 0.05) is 24.3 Å². The molecule has 1 aromatic carbocycles. The summed E-state index contributed by atoms with van der Waals surface area (Å²) < 4.78 is 0. The molecule has 2 heterocycles. The van der Waals surface area contributed by atoms with Crippen molar-refractivity contribution in [3.05, 3.63) is 42.2 Å². The highest BCUT2D eigenvalue weighted by atomic mass is 16.3. The van der Waals surface area contributed by atoms with E-state index in [1.165, 1.54) is 0 Å². The van der Waals surface area contributed by atoms with Gasteiger partial charge in [0.2, 0.25) is 0 Å². The normalized spacial score (nSPS) is 25.4. The van der Waals surface area contributed by atoms with Crippen LogP contribution >= 0.6 is 0 Å². The largest absolute Gasteiger partial charge is 0.385 e. The molecule has 1 atom stereocenters. The summed E-state index contributed by atoms with van der Waals surface area (Å²) in [5.41, 5.74) is 0.321. The van der Waals surface area contributed by atoms with Crippen LogP contribution in [0.4, 0.5) is 0 Å². The van der Waals surface area contributed by atoms with E-state index < -0.39 is 5.60 Å². The first-order valence-corrected chi connectivity index (χ1v) is 6.93. The fourth-order valence-electron chi connectivity index (χ4n) is 3.04. The summed E-state index contributed by atoms with van der Waals surface area (Å²) in [5, 5.41) is 13.3. The highest BCUT2D eigenvalue weighted by Crippen LogP contribution is 2.36. The van der Waals surface area contributed by atoms with Gasteiger partial charge in [0.1, 0.15) is 0 Å². The fourth-order valence-corrected chi connectivity index (χ4v) is 3.04. The Hall–Kier alpha value is -1.45. The number of fused-ring (bicyclic) bond motifs is 1. The highest BCUT2D eigenvalue weighted by molar-refractivity contribution is 5.85. The maximum atomic E-state index is 11.1. The van der Waals surface area contributed by atoms with Crippen LogP contribution in [0.25, 0.3) is 10.8 Å². The molecule has 0 amide bonds. The van der Waals surface area contributed by atoms with Crippen molar-refractivity contribution >= 4 is 10.8 Å². The minimum absolute atomic E-state index is 0.715. The molecule has 3 heteroatoms. The molecule has 0 spiro atoms. The van der Waals surface area contributed by atoms with E-state index in [-0.39, 0.29) is 0 Å². The van der Waals surface area contributed by atoms with E-state index in [0.717, 1.165) is 48.7 Å². The SMILES string of the molecule is CN1CCCC(O)(c2cccc3ccncc23)CC1. The summed E-state index contributed by atoms with van der Waals surface area (Å²) in [6, 6.07) is 8.16. The Morgan fingerprint density at radius 3 is 3.00 bits per heavy atom. The molecule has 0 saturated carbocycles. The van der Waals surface area contributed by atoms with Gasteiger partial charge in [-0.05, 0) is 49.9 Å². The van der Waals surface area contributed by atoms with Crippen molar-refractivity contribution in [1.29, 1.82) is 0 Å². The Balaban J connectivity index is 2.07. The van der Waals surface area contributed by atoms with E-state index in [4.69, 9.17) is 0 Å². The lowest BCUT2D eigenvalue weighted by Crippen LogP contribution is -2.28. The molecule has 1 aliphatic rings. The average Bonchev–Trinajstić information content (AvgIpc) is 2.61. The predicted molar refractivity (Wildman–Crippen MR) is 77.0 cm³/mol. The first-order chi connectivity index (χ1) is 9.19. The third kappa shape index (κ3) is 2.36. The van der Waals surface area contributed by atoms with Crippen molar-refractivity contribution < 1.29 is 5.11 Å². The van der Waals surface area contributed by atoms with Crippen LogP contribution in [0.5, 0.6) is 0 Å². The summed E-state index contributed by atoms with van der Waals surface area (Å²) >= 11 is 0. The van der Waals surface area contributed by atoms with E-state index in [1.807, 2.05) is 18.3 Å². The summed E-state index contributed by atoms with van der Waals surface area (Å²) in [7, 11) is 2.12. The van der Waals surface area contributed by atoms with Crippen molar-refractivity contribution in [2.45, 2.75) is 24.9 Å². The predicted octanol–water partition coefficient (Wildman–Crippen LogP) is 2.54. The maximum absolute atomic E-state index is 11.1. The molecule has 1 fully saturated rings. The molecule has 0 radical (unpaired) electrons. The molecular formula is C16H20N2O. The summed E-state index contributed by atoms with van der Waals surface area (Å²) in [4.78, 5) is 6.51. The number of aliphatic hydroxyl groups is 1. The number of aromatic nitrogens is 1. The average molecular weight is 256 g/mol. The number of hydrogen-bond acceptors (Lipinski definition) is 3. The minimum atomic E-state index is -0.715. The van der Waals surface area contributed by atoms with Crippen LogP contribution in [0.1, 0.15) is 24.8 Å². The fraction of sp³-hybridized carbons (Fsp3) is 0.438. The third-order valence-electron chi connectivity index (χ3n) is 4.22. The van der Waals surface area contributed by atoms with Crippen molar-refractivity contribution in [3.8, 4) is 0 Å². The zero-order valence-corrected chi connectivity index (χ0v) is 11.3. The lowest BCUT2D eigenvalue weighted by Gasteiger charge is -2.28. The third-order valence-corrected chi connectivity index (χ3v) is 4.22. The van der Waals surface area contributed by atoms with Crippen LogP contribution in [0.15, 0.2) is 36.7 Å². The zero-order chi connectivity index (χ0) is 13.3. The quantitative estimate of drug-likeness (QED) is 0.852. The van der Waals surface area contributed by atoms with Crippen LogP contribution in [0.2, 0.25) is 0 Å². The Kier molecular flexibility index (Phi) is 3.25. The number of likely N-dealkylation sites (tertiary alicyclic amines) is 1. The molecule has 0 bridgehead atoms. The zero-order valence-electron chi connectivity index (χ0n) is 11.3. The van der Waals surface area contributed by atoms with Gasteiger partial charge in [-0.1, -0.05) is 18.2 Å². The molecule has 1 saturated heterocycles. The monoisotopic (exact) mass is 256 g/mol. The van der Waals surface area contributed by atoms with Gasteiger partial charge in [-0.25, -0.2) is 0 Å². The van der Waals surface area contributed by atoms with Gasteiger partial charge in [0.05, 0.1) is 5.60 Å². The van der Waals surface area contributed by atoms with Crippen molar-refractivity contribution in [3.63, 3.8) is 0 Å². The van der Waals surface area contributed by atoms with Gasteiger partial charge in [0.15, 0.2) is 0 Å². The molecule has 100 valence electrons. The second-order valence-corrected chi connectivity index (χ2v) is 5.59. The van der Waals surface area contributed by atoms with Crippen LogP contribution in [-0.4, -0.2) is 35.1 Å². The van der Waals surface area contributed by atoms with E-state index in [2.05, 4.69) is 29.1 Å². The minimum Gasteiger partial charge on any atom is -0.385 e. The Morgan fingerprint density at radius 2 is 2.11 bits per heavy atom. The molecular weight excluding hydrogens is 236 g/mol. The smallest absolute Gasteiger partial charge is 0.0915 e. The van der Waals surface area contributed by atoms with Crippen LogP contribution in [-0.2, 0) is 5.60 Å². The van der Waals surface area contributed by atoms with E-state index >= 15 is 0 Å². The van der Waals surface area contributed by atoms with Crippen molar-refractivity contribution in [1.82, 2.24) is 9.88 Å². The lowest BCUT2D eigenvalue weighted by molar-refractivity contribution is 0.0233. The molecule has 1 aromatic heterocycles. The molecule has 19 heavy (non-hydrogen) atoms. The second kappa shape index (κ2) is 4.91. The first kappa shape index (κ1) is 12.6. The van der Waals surface area contributed by atoms with Crippen LogP contribution in [0.3, 0.4) is 0 Å². The summed E-state index contributed by atoms with van der Waals surface area (Å²) in [5.74, 6) is 0. The Bertz CT molecular complexity index is 578. The standard InChI is InChI=1S/C16H20N2O/c1-18-10-3-7-16(19,8-11-18)15-5-2-4-13-6-9-17-12-14(13)15/h2,4-6,9,12,19H,3,7-8,10-11H2,1H3. The number of hydrogen-bond donors (Lipinski definition) is 1. The molecule has 1 N–H and O–H groups in total. The molecule has 3 nitrogen and oxygen atoms in total. The highest BCUT2D eigenvalue weighted by Gasteiger charge is 2.32. The number of nitrogens with zero attached hydrogens (tertiary/aromatic N) is 2. The molecule has 1 unspecified atom stereocenters. The van der Waals surface area contributed by atoms with Gasteiger partial charge in [-0.15, -0.1) is 0 Å². The lowest BCUT2D eigenvalue weighted by atomic mass is 9.84. The number of benzene rings is 1. The van der Waals surface area contributed by atoms with Gasteiger partial charge in [0.25, 0.3) is 0 Å². The molecule has 3 rings (SSSR count). The van der Waals surface area contributed by atoms with Crippen LogP contribution in [0, 0.1) is 0 Å².